The molecular weight excluding hydrogens is 491 g/mol. The first-order valence-electron chi connectivity index (χ1n) is 10.7. The molecule has 2 atom stereocenters. The summed E-state index contributed by atoms with van der Waals surface area (Å²) in [5, 5.41) is 3.07. The number of aromatic nitrogens is 1. The van der Waals surface area contributed by atoms with Gasteiger partial charge in [-0.3, -0.25) is 20.4 Å². The number of aryl methyl sites for hydroxylation is 1. The first kappa shape index (κ1) is 23.7. The second-order valence-electron chi connectivity index (χ2n) is 8.38. The molecule has 0 aliphatic carbocycles. The van der Waals surface area contributed by atoms with E-state index >= 15 is 0 Å². The maximum Gasteiger partial charge on any atom is 0.419 e. The monoisotopic (exact) mass is 512 g/mol. The van der Waals surface area contributed by atoms with Crippen molar-refractivity contribution < 1.29 is 26.2 Å². The highest BCUT2D eigenvalue weighted by molar-refractivity contribution is 7.87. The predicted octanol–water partition coefficient (Wildman–Crippen LogP) is 1.59. The third-order valence-electron chi connectivity index (χ3n) is 6.25. The lowest BCUT2D eigenvalue weighted by Crippen LogP contribution is -2.47. The number of halogens is 1. The molecule has 1 fully saturated rings. The van der Waals surface area contributed by atoms with Gasteiger partial charge in [0.2, 0.25) is 0 Å². The minimum atomic E-state index is -4.26. The topological polar surface area (TPSA) is 137 Å². The van der Waals surface area contributed by atoms with Gasteiger partial charge in [0.05, 0.1) is 5.52 Å². The number of nitrogens with one attached hydrogen (secondary N) is 1. The van der Waals surface area contributed by atoms with Gasteiger partial charge in [-0.15, -0.1) is 0 Å². The van der Waals surface area contributed by atoms with Crippen LogP contribution in [0.4, 0.5) is 4.39 Å². The van der Waals surface area contributed by atoms with Gasteiger partial charge in [0.15, 0.2) is 11.1 Å². The predicted molar refractivity (Wildman–Crippen MR) is 127 cm³/mol. The molecule has 3 aromatic carbocycles. The minimum Gasteiger partial charge on any atom is -0.408 e. The summed E-state index contributed by atoms with van der Waals surface area (Å²) in [5.41, 5.74) is 6.12. The number of amides is 1. The Kier molecular flexibility index (Phi) is 5.47. The van der Waals surface area contributed by atoms with E-state index in [1.165, 1.54) is 83.2 Å². The van der Waals surface area contributed by atoms with Crippen LogP contribution < -0.4 is 21.0 Å². The van der Waals surface area contributed by atoms with Gasteiger partial charge < -0.3 is 13.5 Å². The quantitative estimate of drug-likeness (QED) is 0.385. The molecule has 0 bridgehead atoms. The lowest BCUT2D eigenvalue weighted by Gasteiger charge is -2.28. The summed E-state index contributed by atoms with van der Waals surface area (Å²) in [4.78, 5) is 26.1. The van der Waals surface area contributed by atoms with Gasteiger partial charge in [0.25, 0.3) is 5.91 Å². The van der Waals surface area contributed by atoms with Crippen LogP contribution >= 0.6 is 0 Å². The summed E-state index contributed by atoms with van der Waals surface area (Å²) >= 11 is 0. The SMILES string of the molecule is CN1C(=O)C(c2ccc(F)cc2)(c2ccc(OS(=O)(=O)c3ccc4c(c3)oc(=O)n4C)cc2)NC1N. The molecule has 1 saturated heterocycles. The second kappa shape index (κ2) is 8.29. The number of hydrogen-bond donors (Lipinski definition) is 2. The molecule has 10 nitrogen and oxygen atoms in total. The zero-order valence-electron chi connectivity index (χ0n) is 19.1. The normalized spacial score (nSPS) is 20.3. The van der Waals surface area contributed by atoms with Gasteiger partial charge in [-0.1, -0.05) is 24.3 Å². The Balaban J connectivity index is 1.49. The van der Waals surface area contributed by atoms with Crippen LogP contribution in [0.2, 0.25) is 0 Å². The lowest BCUT2D eigenvalue weighted by molar-refractivity contribution is -0.131. The highest BCUT2D eigenvalue weighted by Crippen LogP contribution is 2.37. The number of nitrogens with zero attached hydrogens (tertiary/aromatic N) is 2. The molecule has 1 amide bonds. The molecule has 2 heterocycles. The number of carbonyl (C=O) groups excluding carboxylic acids is 1. The van der Waals surface area contributed by atoms with E-state index in [0.29, 0.717) is 16.6 Å². The minimum absolute atomic E-state index is 0.00860. The van der Waals surface area contributed by atoms with Crippen molar-refractivity contribution in [2.24, 2.45) is 12.8 Å². The molecule has 1 aromatic heterocycles. The Morgan fingerprint density at radius 3 is 2.19 bits per heavy atom. The van der Waals surface area contributed by atoms with Gasteiger partial charge in [0, 0.05) is 20.2 Å². The van der Waals surface area contributed by atoms with E-state index in [1.54, 1.807) is 7.05 Å². The average molecular weight is 513 g/mol. The van der Waals surface area contributed by atoms with E-state index in [-0.39, 0.29) is 22.1 Å². The van der Waals surface area contributed by atoms with Crippen LogP contribution in [-0.2, 0) is 27.5 Å². The van der Waals surface area contributed by atoms with Gasteiger partial charge in [0.1, 0.15) is 22.8 Å². The molecular formula is C24H21FN4O6S. The summed E-state index contributed by atoms with van der Waals surface area (Å²) < 4.78 is 50.9. The molecule has 36 heavy (non-hydrogen) atoms. The summed E-state index contributed by atoms with van der Waals surface area (Å²) in [6.45, 7) is 0. The van der Waals surface area contributed by atoms with Crippen molar-refractivity contribution in [1.29, 1.82) is 0 Å². The second-order valence-corrected chi connectivity index (χ2v) is 9.93. The van der Waals surface area contributed by atoms with Crippen molar-refractivity contribution in [2.75, 3.05) is 7.05 Å². The van der Waals surface area contributed by atoms with Crippen LogP contribution in [0.5, 0.6) is 5.75 Å². The average Bonchev–Trinajstić information content (AvgIpc) is 3.27. The number of carbonyl (C=O) groups is 1. The van der Waals surface area contributed by atoms with Crippen molar-refractivity contribution in [3.8, 4) is 5.75 Å². The zero-order valence-corrected chi connectivity index (χ0v) is 20.0. The third kappa shape index (κ3) is 3.66. The molecule has 1 aliphatic rings. The summed E-state index contributed by atoms with van der Waals surface area (Å²) in [7, 11) is -1.21. The fraction of sp³-hybridized carbons (Fsp3) is 0.167. The van der Waals surface area contributed by atoms with Crippen LogP contribution in [0.1, 0.15) is 11.1 Å². The largest absolute Gasteiger partial charge is 0.419 e. The smallest absolute Gasteiger partial charge is 0.408 e. The van der Waals surface area contributed by atoms with Gasteiger partial charge in [-0.25, -0.2) is 9.18 Å². The van der Waals surface area contributed by atoms with Crippen LogP contribution in [0.25, 0.3) is 11.1 Å². The molecule has 3 N–H and O–H groups in total. The Labute approximate surface area is 204 Å². The first-order chi connectivity index (χ1) is 17.0. The van der Waals surface area contributed by atoms with Crippen LogP contribution in [-0.4, -0.2) is 37.1 Å². The molecule has 12 heteroatoms. The highest BCUT2D eigenvalue weighted by Gasteiger charge is 2.51. The standard InChI is InChI=1S/C24H21FN4O6S/c1-28-19-12-11-18(13-20(19)34-23(28)31)36(32,33)35-17-9-5-15(6-10-17)24(14-3-7-16(25)8-4-14)21(30)29(2)22(26)27-24/h3-13,22,27H,26H2,1-2H3. The first-order valence-corrected chi connectivity index (χ1v) is 12.1. The molecule has 4 aromatic rings. The van der Waals surface area contributed by atoms with E-state index in [1.807, 2.05) is 0 Å². The van der Waals surface area contributed by atoms with Crippen LogP contribution in [0.15, 0.2) is 80.8 Å². The molecule has 0 radical (unpaired) electrons. The molecule has 0 saturated carbocycles. The fourth-order valence-electron chi connectivity index (χ4n) is 4.26. The third-order valence-corrected chi connectivity index (χ3v) is 7.49. The van der Waals surface area contributed by atoms with E-state index < -0.39 is 33.5 Å². The number of oxazole rings is 1. The number of likely N-dealkylation sites (N-methyl/N-ethyl adjacent to an activating group) is 1. The molecule has 2 unspecified atom stereocenters. The number of nitrogens with two attached hydrogens (primary N) is 1. The zero-order chi connectivity index (χ0) is 25.8. The maximum atomic E-state index is 13.6. The van der Waals surface area contributed by atoms with Crippen molar-refractivity contribution >= 4 is 27.1 Å². The number of hydrogen-bond acceptors (Lipinski definition) is 8. The van der Waals surface area contributed by atoms with E-state index in [2.05, 4.69) is 5.32 Å². The summed E-state index contributed by atoms with van der Waals surface area (Å²) in [5.74, 6) is -1.45. The number of benzene rings is 3. The maximum absolute atomic E-state index is 13.6. The van der Waals surface area contributed by atoms with E-state index in [9.17, 15) is 22.4 Å². The van der Waals surface area contributed by atoms with E-state index in [0.717, 1.165) is 0 Å². The lowest BCUT2D eigenvalue weighted by atomic mass is 9.82. The van der Waals surface area contributed by atoms with Gasteiger partial charge >= 0.3 is 15.9 Å². The molecule has 186 valence electrons. The van der Waals surface area contributed by atoms with Crippen molar-refractivity contribution in [1.82, 2.24) is 14.8 Å². The Morgan fingerprint density at radius 1 is 1.00 bits per heavy atom. The van der Waals surface area contributed by atoms with Crippen LogP contribution in [0, 0.1) is 5.82 Å². The summed E-state index contributed by atoms with van der Waals surface area (Å²) in [6.07, 6.45) is -0.799. The highest BCUT2D eigenvalue weighted by atomic mass is 32.2. The van der Waals surface area contributed by atoms with Crippen molar-refractivity contribution in [2.45, 2.75) is 16.7 Å². The van der Waals surface area contributed by atoms with Crippen LogP contribution in [0.3, 0.4) is 0 Å². The van der Waals surface area contributed by atoms with E-state index in [4.69, 9.17) is 14.3 Å². The number of fused-ring (bicyclic) bond motifs is 1. The Bertz CT molecular complexity index is 1650. The van der Waals surface area contributed by atoms with Crippen molar-refractivity contribution in [3.63, 3.8) is 0 Å². The Hall–Kier alpha value is -4.00. The van der Waals surface area contributed by atoms with Crippen molar-refractivity contribution in [3.05, 3.63) is 94.2 Å². The van der Waals surface area contributed by atoms with Gasteiger partial charge in [-0.05, 0) is 47.5 Å². The molecule has 1 aliphatic heterocycles. The molecule has 0 spiro atoms. The summed E-state index contributed by atoms with van der Waals surface area (Å²) in [6, 6.07) is 15.3. The molecule has 5 rings (SSSR count). The van der Waals surface area contributed by atoms with Gasteiger partial charge in [-0.2, -0.15) is 8.42 Å². The number of rotatable bonds is 5. The fourth-order valence-corrected chi connectivity index (χ4v) is 5.20. The Morgan fingerprint density at radius 2 is 1.61 bits per heavy atom.